The van der Waals surface area contributed by atoms with E-state index in [0.29, 0.717) is 6.42 Å². The first kappa shape index (κ1) is 15.4. The number of hydrogen-bond acceptors (Lipinski definition) is 2. The van der Waals surface area contributed by atoms with Crippen LogP contribution in [0, 0.1) is 0 Å². The summed E-state index contributed by atoms with van der Waals surface area (Å²) in [7, 11) is -3.71. The molecule has 0 unspecified atom stereocenters. The molecular weight excluding hydrogens is 187 g/mol. The first-order valence-electron chi connectivity index (χ1n) is 4.01. The molecule has 12 heavy (non-hydrogen) atoms. The molecule has 0 bridgehead atoms. The number of unbranched alkanes of at least 4 members (excludes halogenated alkanes) is 4. The maximum absolute atomic E-state index is 10.2. The molecule has 0 atom stereocenters. The molecule has 3 nitrogen and oxygen atoms in total. The third-order valence-electron chi connectivity index (χ3n) is 1.51. The minimum absolute atomic E-state index is 0. The second kappa shape index (κ2) is 8.51. The monoisotopic (exact) mass is 204 g/mol. The molecule has 0 aliphatic carbocycles. The summed E-state index contributed by atoms with van der Waals surface area (Å²) in [5.41, 5.74) is 0. The first-order chi connectivity index (χ1) is 5.06. The largest absolute Gasteiger partial charge is 1.00 e. The van der Waals surface area contributed by atoms with E-state index >= 15 is 0 Å². The quantitative estimate of drug-likeness (QED) is 0.342. The molecule has 0 amide bonds. The average Bonchev–Trinajstić information content (AvgIpc) is 1.85. The van der Waals surface area contributed by atoms with Gasteiger partial charge in [0.1, 0.15) is 0 Å². The van der Waals surface area contributed by atoms with E-state index in [1.54, 1.807) is 0 Å². The Morgan fingerprint density at radius 1 is 1.17 bits per heavy atom. The molecule has 0 rings (SSSR count). The minimum Gasteiger partial charge on any atom is -1.00 e. The van der Waals surface area contributed by atoms with Crippen molar-refractivity contribution in [3.63, 3.8) is 0 Å². The Bertz CT molecular complexity index is 182. The van der Waals surface area contributed by atoms with Gasteiger partial charge in [-0.15, -0.1) is 0 Å². The summed E-state index contributed by atoms with van der Waals surface area (Å²) in [4.78, 5) is 0. The molecule has 5 heteroatoms. The zero-order chi connectivity index (χ0) is 8.74. The number of hydrogen-bond donors (Lipinski definition) is 1. The van der Waals surface area contributed by atoms with Crippen molar-refractivity contribution in [2.24, 2.45) is 0 Å². The topological polar surface area (TPSA) is 54.4 Å². The van der Waals surface area contributed by atoms with Crippen LogP contribution in [0.25, 0.3) is 0 Å². The second-order valence-corrected chi connectivity index (χ2v) is 4.27. The Morgan fingerprint density at radius 2 is 1.67 bits per heavy atom. The molecule has 0 aromatic rings. The molecule has 0 radical (unpaired) electrons. The average molecular weight is 204 g/mol. The third-order valence-corrected chi connectivity index (χ3v) is 2.31. The van der Waals surface area contributed by atoms with E-state index in [1.807, 2.05) is 0 Å². The summed E-state index contributed by atoms with van der Waals surface area (Å²) in [6, 6.07) is 0. The fourth-order valence-electron chi connectivity index (χ4n) is 0.888. The van der Waals surface area contributed by atoms with Gasteiger partial charge in [0, 0.05) is 0 Å². The summed E-state index contributed by atoms with van der Waals surface area (Å²) in [5, 5.41) is 0. The van der Waals surface area contributed by atoms with Crippen LogP contribution in [0.5, 0.6) is 0 Å². The Balaban J connectivity index is -0.000000500. The maximum Gasteiger partial charge on any atom is 1.00 e. The minimum atomic E-state index is -3.71. The second-order valence-electron chi connectivity index (χ2n) is 2.70. The van der Waals surface area contributed by atoms with E-state index < -0.39 is 10.1 Å². The van der Waals surface area contributed by atoms with Crippen LogP contribution in [0.15, 0.2) is 0 Å². The molecule has 0 heterocycles. The normalized spacial score (nSPS) is 10.8. The van der Waals surface area contributed by atoms with Gasteiger partial charge in [0.05, 0.1) is 5.75 Å². The van der Waals surface area contributed by atoms with Crippen molar-refractivity contribution in [3.8, 4) is 0 Å². The van der Waals surface area contributed by atoms with Crippen molar-refractivity contribution in [2.75, 3.05) is 5.75 Å². The van der Waals surface area contributed by atoms with Crippen LogP contribution in [-0.4, -0.2) is 18.7 Å². The summed E-state index contributed by atoms with van der Waals surface area (Å²) in [6.45, 7) is 2.10. The van der Waals surface area contributed by atoms with Crippen LogP contribution in [0.3, 0.4) is 0 Å². The van der Waals surface area contributed by atoms with E-state index in [-0.39, 0.29) is 36.7 Å². The van der Waals surface area contributed by atoms with Crippen molar-refractivity contribution >= 4 is 10.1 Å². The van der Waals surface area contributed by atoms with E-state index in [4.69, 9.17) is 4.55 Å². The van der Waals surface area contributed by atoms with Gasteiger partial charge in [-0.05, 0) is 6.42 Å². The fraction of sp³-hybridized carbons (Fsp3) is 1.00. The zero-order valence-electron chi connectivity index (χ0n) is 8.91. The summed E-state index contributed by atoms with van der Waals surface area (Å²) in [5.74, 6) is -0.0866. The summed E-state index contributed by atoms with van der Waals surface area (Å²) < 4.78 is 28.8. The van der Waals surface area contributed by atoms with Crippen LogP contribution in [0.1, 0.15) is 40.5 Å². The van der Waals surface area contributed by atoms with Crippen molar-refractivity contribution in [1.82, 2.24) is 0 Å². The molecule has 0 aromatic carbocycles. The van der Waals surface area contributed by atoms with Crippen molar-refractivity contribution < 1.29 is 44.0 Å². The molecule has 0 spiro atoms. The predicted molar refractivity (Wildman–Crippen MR) is 46.3 cm³/mol. The van der Waals surface area contributed by atoms with Crippen molar-refractivity contribution in [2.45, 2.75) is 39.0 Å². The molecule has 0 fully saturated rings. The van der Waals surface area contributed by atoms with E-state index in [2.05, 4.69) is 6.92 Å². The molecule has 0 aliphatic heterocycles. The third kappa shape index (κ3) is 13.5. The van der Waals surface area contributed by atoms with Crippen LogP contribution >= 0.6 is 0 Å². The molecule has 0 saturated heterocycles. The summed E-state index contributed by atoms with van der Waals surface area (Å²) >= 11 is 0. The van der Waals surface area contributed by atoms with Crippen LogP contribution in [-0.2, 0) is 10.1 Å². The van der Waals surface area contributed by atoms with Crippen LogP contribution < -0.4 is 29.6 Å². The van der Waals surface area contributed by atoms with Gasteiger partial charge in [0.15, 0.2) is 0 Å². The van der Waals surface area contributed by atoms with Gasteiger partial charge in [-0.3, -0.25) is 4.55 Å². The SMILES string of the molecule is CCCCCCCS(=O)(=O)O.[H-].[Na+]. The number of rotatable bonds is 6. The fourth-order valence-corrected chi connectivity index (χ4v) is 1.46. The van der Waals surface area contributed by atoms with Crippen molar-refractivity contribution in [3.05, 3.63) is 0 Å². The molecular formula is C7H17NaO3S. The Labute approximate surface area is 98.5 Å². The Kier molecular flexibility index (Phi) is 10.9. The molecule has 1 N–H and O–H groups in total. The Hall–Kier alpha value is 0.910. The van der Waals surface area contributed by atoms with Crippen LogP contribution in [0.2, 0.25) is 0 Å². The standard InChI is InChI=1S/C7H16O3S.Na.H/c1-2-3-4-5-6-7-11(8,9)10;;/h2-7H2,1H3,(H,8,9,10);;/q;+1;-1. The van der Waals surface area contributed by atoms with Crippen LogP contribution in [0.4, 0.5) is 0 Å². The predicted octanol–water partition coefficient (Wildman–Crippen LogP) is -1.04. The van der Waals surface area contributed by atoms with Gasteiger partial charge >= 0.3 is 29.6 Å². The molecule has 0 aromatic heterocycles. The van der Waals surface area contributed by atoms with Gasteiger partial charge < -0.3 is 1.43 Å². The molecule has 0 saturated carbocycles. The van der Waals surface area contributed by atoms with Gasteiger partial charge in [0.25, 0.3) is 10.1 Å². The Morgan fingerprint density at radius 3 is 2.08 bits per heavy atom. The summed E-state index contributed by atoms with van der Waals surface area (Å²) in [6.07, 6.45) is 4.83. The van der Waals surface area contributed by atoms with Gasteiger partial charge in [-0.1, -0.05) is 32.6 Å². The van der Waals surface area contributed by atoms with Gasteiger partial charge in [-0.2, -0.15) is 8.42 Å². The first-order valence-corrected chi connectivity index (χ1v) is 5.62. The van der Waals surface area contributed by atoms with Gasteiger partial charge in [-0.25, -0.2) is 0 Å². The smallest absolute Gasteiger partial charge is 1.00 e. The van der Waals surface area contributed by atoms with E-state index in [9.17, 15) is 8.42 Å². The van der Waals surface area contributed by atoms with E-state index in [0.717, 1.165) is 25.7 Å². The molecule has 70 valence electrons. The molecule has 0 aliphatic rings. The zero-order valence-corrected chi connectivity index (χ0v) is 10.7. The maximum atomic E-state index is 10.2. The van der Waals surface area contributed by atoms with Gasteiger partial charge in [0.2, 0.25) is 0 Å². The van der Waals surface area contributed by atoms with Crippen molar-refractivity contribution in [1.29, 1.82) is 0 Å². The van der Waals surface area contributed by atoms with E-state index in [1.165, 1.54) is 0 Å².